The lowest BCUT2D eigenvalue weighted by molar-refractivity contribution is -0.191. The predicted molar refractivity (Wildman–Crippen MR) is 140 cm³/mol. The van der Waals surface area contributed by atoms with Crippen molar-refractivity contribution in [2.45, 2.75) is 62.0 Å². The highest BCUT2D eigenvalue weighted by Crippen LogP contribution is 2.54. The number of phosphoric ester groups is 1. The molecule has 7 rings (SSSR count). The van der Waals surface area contributed by atoms with E-state index >= 15 is 4.39 Å². The van der Waals surface area contributed by atoms with Gasteiger partial charge in [-0.25, -0.2) is 28.9 Å². The molecule has 230 valence electrons. The number of anilines is 2. The van der Waals surface area contributed by atoms with Crippen LogP contribution in [0.25, 0.3) is 22.3 Å². The fourth-order valence-corrected chi connectivity index (χ4v) is 6.85. The van der Waals surface area contributed by atoms with Crippen molar-refractivity contribution >= 4 is 41.9 Å². The number of aromatic amines is 1. The number of halogens is 1. The van der Waals surface area contributed by atoms with E-state index < -0.39 is 75.1 Å². The number of fused-ring (bicyclic) bond motifs is 5. The maximum Gasteiger partial charge on any atom is 0.472 e. The smallest absolute Gasteiger partial charge is 0.388 e. The number of rotatable bonds is 2. The molecule has 2 bridgehead atoms. The summed E-state index contributed by atoms with van der Waals surface area (Å²) in [5, 5.41) is 22.3. The summed E-state index contributed by atoms with van der Waals surface area (Å²) in [6, 6.07) is 0. The number of hydrogen-bond donors (Lipinski definition) is 6. The number of nitrogens with two attached hydrogens (primary N) is 2. The monoisotopic (exact) mass is 624 g/mol. The molecule has 3 aliphatic heterocycles. The molecule has 4 aromatic heterocycles. The summed E-state index contributed by atoms with van der Waals surface area (Å²) < 4.78 is 54.1. The number of hydrogen-bond acceptors (Lipinski definition) is 15. The van der Waals surface area contributed by atoms with Crippen molar-refractivity contribution in [1.29, 1.82) is 0 Å². The van der Waals surface area contributed by atoms with Crippen molar-refractivity contribution in [3.05, 3.63) is 29.3 Å². The summed E-state index contributed by atoms with van der Waals surface area (Å²) in [6.07, 6.45) is -5.16. The zero-order chi connectivity index (χ0) is 30.3. The molecule has 19 nitrogen and oxygen atoms in total. The van der Waals surface area contributed by atoms with Crippen LogP contribution in [0.1, 0.15) is 31.7 Å². The fraction of sp³-hybridized carbons (Fsp3) is 0.545. The minimum absolute atomic E-state index is 0.0768. The largest absolute Gasteiger partial charge is 0.472 e. The topological polar surface area (TPSA) is 274 Å². The number of imidazole rings is 2. The predicted octanol–water partition coefficient (Wildman–Crippen LogP) is -0.760. The minimum Gasteiger partial charge on any atom is -0.388 e. The Labute approximate surface area is 239 Å². The summed E-state index contributed by atoms with van der Waals surface area (Å²) in [5.41, 5.74) is 11.1. The van der Waals surface area contributed by atoms with Crippen LogP contribution < -0.4 is 17.0 Å². The first-order valence-corrected chi connectivity index (χ1v) is 14.6. The van der Waals surface area contributed by atoms with Crippen LogP contribution in [-0.4, -0.2) is 91.0 Å². The molecule has 3 aliphatic rings. The summed E-state index contributed by atoms with van der Waals surface area (Å²) in [7, 11) is -5.04. The van der Waals surface area contributed by atoms with Gasteiger partial charge in [-0.05, 0) is 12.8 Å². The molecule has 3 saturated heterocycles. The van der Waals surface area contributed by atoms with Gasteiger partial charge in [-0.2, -0.15) is 4.98 Å². The third-order valence-corrected chi connectivity index (χ3v) is 8.96. The Morgan fingerprint density at radius 3 is 2.63 bits per heavy atom. The molecule has 21 heteroatoms. The number of nitrogens with one attached hydrogen (secondary N) is 1. The van der Waals surface area contributed by atoms with E-state index in [0.29, 0.717) is 5.65 Å². The van der Waals surface area contributed by atoms with Crippen LogP contribution in [0.3, 0.4) is 0 Å². The molecule has 4 aromatic rings. The second kappa shape index (κ2) is 9.96. The van der Waals surface area contributed by atoms with Crippen molar-refractivity contribution in [1.82, 2.24) is 39.0 Å². The van der Waals surface area contributed by atoms with E-state index in [4.69, 9.17) is 30.0 Å². The molecule has 0 saturated carbocycles. The van der Waals surface area contributed by atoms with Gasteiger partial charge in [0, 0.05) is 12.3 Å². The molecule has 0 aliphatic carbocycles. The van der Waals surface area contributed by atoms with E-state index in [1.165, 1.54) is 17.2 Å². The molecule has 43 heavy (non-hydrogen) atoms. The molecule has 9 atom stereocenters. The Balaban J connectivity index is 1.19. The van der Waals surface area contributed by atoms with Crippen molar-refractivity contribution in [3.63, 3.8) is 0 Å². The third kappa shape index (κ3) is 4.57. The van der Waals surface area contributed by atoms with Crippen LogP contribution in [0, 0.1) is 5.92 Å². The van der Waals surface area contributed by atoms with E-state index in [9.17, 15) is 24.5 Å². The number of phosphoric acid groups is 1. The van der Waals surface area contributed by atoms with E-state index in [1.54, 1.807) is 0 Å². The van der Waals surface area contributed by atoms with Crippen LogP contribution in [0.5, 0.6) is 0 Å². The molecular formula is C22H26FN10O9P. The Bertz CT molecular complexity index is 1820. The van der Waals surface area contributed by atoms with Crippen molar-refractivity contribution in [2.24, 2.45) is 5.92 Å². The molecule has 1 unspecified atom stereocenters. The number of ether oxygens (including phenoxy) is 2. The van der Waals surface area contributed by atoms with Crippen molar-refractivity contribution in [3.8, 4) is 0 Å². The lowest BCUT2D eigenvalue weighted by atomic mass is 9.90. The molecule has 3 fully saturated rings. The van der Waals surface area contributed by atoms with Crippen LogP contribution >= 0.6 is 7.82 Å². The molecule has 0 radical (unpaired) electrons. The van der Waals surface area contributed by atoms with Crippen LogP contribution in [0.15, 0.2) is 23.8 Å². The van der Waals surface area contributed by atoms with E-state index in [-0.39, 0.29) is 41.3 Å². The van der Waals surface area contributed by atoms with Gasteiger partial charge >= 0.3 is 7.82 Å². The Morgan fingerprint density at radius 1 is 1.09 bits per heavy atom. The van der Waals surface area contributed by atoms with Gasteiger partial charge in [0.2, 0.25) is 11.8 Å². The molecule has 8 N–H and O–H groups in total. The molecule has 7 heterocycles. The zero-order valence-corrected chi connectivity index (χ0v) is 22.9. The van der Waals surface area contributed by atoms with Crippen molar-refractivity contribution in [2.75, 3.05) is 18.1 Å². The number of H-pyrrole nitrogens is 1. The molecular weight excluding hydrogens is 598 g/mol. The first kappa shape index (κ1) is 28.2. The maximum absolute atomic E-state index is 16.3. The van der Waals surface area contributed by atoms with E-state index in [2.05, 4.69) is 29.9 Å². The second-order valence-electron chi connectivity index (χ2n) is 10.5. The zero-order valence-electron chi connectivity index (χ0n) is 22.0. The van der Waals surface area contributed by atoms with Gasteiger partial charge in [-0.3, -0.25) is 28.0 Å². The molecule has 0 spiro atoms. The fourth-order valence-electron chi connectivity index (χ4n) is 5.93. The van der Waals surface area contributed by atoms with Gasteiger partial charge in [0.05, 0.1) is 25.4 Å². The summed E-state index contributed by atoms with van der Waals surface area (Å²) in [6.45, 7) is -0.508. The van der Waals surface area contributed by atoms with Gasteiger partial charge in [0.15, 0.2) is 35.1 Å². The van der Waals surface area contributed by atoms with Crippen LogP contribution in [0.4, 0.5) is 16.2 Å². The van der Waals surface area contributed by atoms with Crippen LogP contribution in [-0.2, 0) is 23.1 Å². The third-order valence-electron chi connectivity index (χ3n) is 7.97. The number of nitrogens with zero attached hydrogens (tertiary/aromatic N) is 7. The SMILES string of the molecule is Nc1nc2c(ncn2[C@@H]2O[C@]3(F)CCC[C@H]4[C@@H](O)[C@H](n5cnc6c(N)ncnc65)O[C@@H]4COP(=O)(O)O[C@@H]2[C@@H]3O)c(=O)[nH]1. The number of alkyl halides is 1. The Hall–Kier alpha value is -3.62. The number of aliphatic hydroxyl groups is 2. The summed E-state index contributed by atoms with van der Waals surface area (Å²) in [5.74, 6) is -3.65. The van der Waals surface area contributed by atoms with E-state index in [0.717, 1.165) is 10.9 Å². The number of aromatic nitrogens is 8. The number of nitrogen functional groups attached to an aromatic ring is 2. The molecule has 0 amide bonds. The van der Waals surface area contributed by atoms with Gasteiger partial charge < -0.3 is 36.0 Å². The van der Waals surface area contributed by atoms with E-state index in [1.807, 2.05) is 0 Å². The highest BCUT2D eigenvalue weighted by molar-refractivity contribution is 7.47. The minimum atomic E-state index is -5.04. The highest BCUT2D eigenvalue weighted by Gasteiger charge is 2.59. The first-order valence-electron chi connectivity index (χ1n) is 13.2. The summed E-state index contributed by atoms with van der Waals surface area (Å²) in [4.78, 5) is 45.4. The first-order chi connectivity index (χ1) is 20.5. The van der Waals surface area contributed by atoms with Crippen LogP contribution in [0.2, 0.25) is 0 Å². The normalized spacial score (nSPS) is 36.9. The Morgan fingerprint density at radius 2 is 1.84 bits per heavy atom. The lowest BCUT2D eigenvalue weighted by Gasteiger charge is -2.27. The average Bonchev–Trinajstić information content (AvgIpc) is 3.69. The average molecular weight is 624 g/mol. The lowest BCUT2D eigenvalue weighted by Crippen LogP contribution is -2.41. The van der Waals surface area contributed by atoms with Gasteiger partial charge in [-0.15, -0.1) is 0 Å². The quantitative estimate of drug-likeness (QED) is 0.150. The van der Waals surface area contributed by atoms with Gasteiger partial charge in [0.25, 0.3) is 5.56 Å². The Kier molecular flexibility index (Phi) is 6.52. The standard InChI is InChI=1S/C22H26FN10O9P/c23-22-3-1-2-8-9(40-19(12(8)34)32-6-28-10-15(24)26-5-27-16(10)32)4-39-43(37,38)42-13(14(22)35)20(41-22)33-7-29-11-17(33)30-21(25)31-18(11)36/h5-9,12-14,19-20,34-35H,1-4H2,(H,37,38)(H2,24,26,27)(H3,25,30,31,36)/t8-,9-,12-,13-,14+,19-,20-,22-/m1/s1. The van der Waals surface area contributed by atoms with Crippen molar-refractivity contribution < 1.29 is 42.6 Å². The highest BCUT2D eigenvalue weighted by atomic mass is 31.2. The van der Waals surface area contributed by atoms with Gasteiger partial charge in [-0.1, -0.05) is 0 Å². The summed E-state index contributed by atoms with van der Waals surface area (Å²) >= 11 is 0. The second-order valence-corrected chi connectivity index (χ2v) is 11.9. The number of aliphatic hydroxyl groups excluding tert-OH is 2. The maximum atomic E-state index is 16.3. The molecule has 0 aromatic carbocycles. The van der Waals surface area contributed by atoms with Gasteiger partial charge in [0.1, 0.15) is 30.2 Å².